The van der Waals surface area contributed by atoms with E-state index in [0.717, 1.165) is 0 Å². The van der Waals surface area contributed by atoms with Gasteiger partial charge in [-0.15, -0.1) is 0 Å². The lowest BCUT2D eigenvalue weighted by Crippen LogP contribution is -2.06. The lowest BCUT2D eigenvalue weighted by Gasteiger charge is -1.98. The Kier molecular flexibility index (Phi) is 3.12. The van der Waals surface area contributed by atoms with Crippen LogP contribution in [0.3, 0.4) is 0 Å². The van der Waals surface area contributed by atoms with Crippen LogP contribution in [0.15, 0.2) is 24.3 Å². The van der Waals surface area contributed by atoms with Crippen LogP contribution in [0.25, 0.3) is 0 Å². The van der Waals surface area contributed by atoms with Gasteiger partial charge in [0.25, 0.3) is 0 Å². The van der Waals surface area contributed by atoms with E-state index in [0.29, 0.717) is 11.3 Å². The van der Waals surface area contributed by atoms with Crippen molar-refractivity contribution in [1.29, 1.82) is 5.26 Å². The van der Waals surface area contributed by atoms with Crippen LogP contribution < -0.4 is 5.32 Å². The van der Waals surface area contributed by atoms with Crippen LogP contribution >= 0.6 is 0 Å². The third kappa shape index (κ3) is 2.88. The number of hydrogen-bond acceptors (Lipinski definition) is 2. The fourth-order valence-corrected chi connectivity index (χ4v) is 0.860. The van der Waals surface area contributed by atoms with E-state index < -0.39 is 6.09 Å². The molecule has 0 radical (unpaired) electrons. The molecule has 0 aromatic heterocycles. The molecule has 4 nitrogen and oxygen atoms in total. The monoisotopic (exact) mass is 186 g/mol. The minimum absolute atomic E-state index is 0.472. The van der Waals surface area contributed by atoms with E-state index in [1.807, 2.05) is 0 Å². The van der Waals surface area contributed by atoms with Gasteiger partial charge in [0.1, 0.15) is 0 Å². The highest BCUT2D eigenvalue weighted by Gasteiger charge is 1.95. The normalized spacial score (nSPS) is 7.93. The Hall–Kier alpha value is -2.46. The van der Waals surface area contributed by atoms with Gasteiger partial charge in [-0.3, -0.25) is 5.32 Å². The molecule has 0 aliphatic carbocycles. The van der Waals surface area contributed by atoms with Crippen LogP contribution in [-0.2, 0) is 0 Å². The highest BCUT2D eigenvalue weighted by Crippen LogP contribution is 2.08. The lowest BCUT2D eigenvalue weighted by atomic mass is 10.2. The van der Waals surface area contributed by atoms with Crippen molar-refractivity contribution in [2.24, 2.45) is 0 Å². The average Bonchev–Trinajstić information content (AvgIpc) is 2.16. The second-order valence-electron chi connectivity index (χ2n) is 2.37. The summed E-state index contributed by atoms with van der Waals surface area (Å²) in [7, 11) is 0. The SMILES string of the molecule is N#CC#Cc1ccc(NC(=O)O)cc1. The number of nitrogens with one attached hydrogen (secondary N) is 1. The topological polar surface area (TPSA) is 73.1 Å². The number of carboxylic acid groups (broad SMARTS) is 1. The number of amides is 1. The summed E-state index contributed by atoms with van der Waals surface area (Å²) in [5.74, 6) is 4.83. The second-order valence-corrected chi connectivity index (χ2v) is 2.37. The summed E-state index contributed by atoms with van der Waals surface area (Å²) >= 11 is 0. The van der Waals surface area contributed by atoms with Crippen molar-refractivity contribution in [1.82, 2.24) is 0 Å². The van der Waals surface area contributed by atoms with E-state index in [4.69, 9.17) is 10.4 Å². The van der Waals surface area contributed by atoms with Crippen LogP contribution in [0.5, 0.6) is 0 Å². The zero-order valence-corrected chi connectivity index (χ0v) is 7.11. The zero-order valence-electron chi connectivity index (χ0n) is 7.11. The first-order chi connectivity index (χ1) is 6.72. The van der Waals surface area contributed by atoms with Gasteiger partial charge < -0.3 is 5.11 Å². The molecule has 0 saturated carbocycles. The maximum atomic E-state index is 10.2. The highest BCUT2D eigenvalue weighted by atomic mass is 16.4. The van der Waals surface area contributed by atoms with Gasteiger partial charge in [0.15, 0.2) is 6.07 Å². The van der Waals surface area contributed by atoms with Crippen LogP contribution in [0, 0.1) is 23.2 Å². The van der Waals surface area contributed by atoms with E-state index in [1.54, 1.807) is 30.3 Å². The summed E-state index contributed by atoms with van der Waals surface area (Å²) in [5, 5.41) is 18.8. The molecular weight excluding hydrogens is 180 g/mol. The molecule has 4 heteroatoms. The molecule has 0 spiro atoms. The van der Waals surface area contributed by atoms with E-state index in [9.17, 15) is 4.79 Å². The summed E-state index contributed by atoms with van der Waals surface area (Å²) in [6.07, 6.45) is -1.11. The van der Waals surface area contributed by atoms with Gasteiger partial charge in [-0.05, 0) is 24.3 Å². The Morgan fingerprint density at radius 3 is 2.50 bits per heavy atom. The summed E-state index contributed by atoms with van der Waals surface area (Å²) < 4.78 is 0. The number of anilines is 1. The van der Waals surface area contributed by atoms with Gasteiger partial charge in [0, 0.05) is 17.2 Å². The molecule has 0 aliphatic heterocycles. The molecule has 0 atom stereocenters. The summed E-state index contributed by atoms with van der Waals surface area (Å²) in [6.45, 7) is 0. The van der Waals surface area contributed by atoms with Gasteiger partial charge in [-0.2, -0.15) is 5.26 Å². The van der Waals surface area contributed by atoms with E-state index in [-0.39, 0.29) is 0 Å². The lowest BCUT2D eigenvalue weighted by molar-refractivity contribution is 0.210. The van der Waals surface area contributed by atoms with Crippen molar-refractivity contribution in [3.8, 4) is 17.9 Å². The molecule has 1 amide bonds. The van der Waals surface area contributed by atoms with Crippen LogP contribution in [0.4, 0.5) is 10.5 Å². The van der Waals surface area contributed by atoms with E-state index in [2.05, 4.69) is 17.2 Å². The van der Waals surface area contributed by atoms with Crippen molar-refractivity contribution >= 4 is 11.8 Å². The molecule has 14 heavy (non-hydrogen) atoms. The largest absolute Gasteiger partial charge is 0.465 e. The predicted molar refractivity (Wildman–Crippen MR) is 50.6 cm³/mol. The highest BCUT2D eigenvalue weighted by molar-refractivity contribution is 5.82. The number of nitrogens with zero attached hydrogens (tertiary/aromatic N) is 1. The first-order valence-corrected chi connectivity index (χ1v) is 3.72. The second kappa shape index (κ2) is 4.54. The van der Waals surface area contributed by atoms with Crippen LogP contribution in [-0.4, -0.2) is 11.2 Å². The smallest absolute Gasteiger partial charge is 0.409 e. The fourth-order valence-electron chi connectivity index (χ4n) is 0.860. The fraction of sp³-hybridized carbons (Fsp3) is 0. The van der Waals surface area contributed by atoms with Crippen LogP contribution in [0.2, 0.25) is 0 Å². The quantitative estimate of drug-likeness (QED) is 0.655. The zero-order chi connectivity index (χ0) is 10.4. The molecule has 0 aliphatic rings. The van der Waals surface area contributed by atoms with Gasteiger partial charge >= 0.3 is 6.09 Å². The molecule has 0 heterocycles. The maximum absolute atomic E-state index is 10.2. The molecular formula is C10H6N2O2. The molecule has 0 saturated heterocycles. The first kappa shape index (κ1) is 9.63. The van der Waals surface area contributed by atoms with Crippen molar-refractivity contribution in [2.75, 3.05) is 5.32 Å². The van der Waals surface area contributed by atoms with Crippen molar-refractivity contribution in [3.63, 3.8) is 0 Å². The molecule has 0 bridgehead atoms. The number of benzene rings is 1. The maximum Gasteiger partial charge on any atom is 0.409 e. The summed E-state index contributed by atoms with van der Waals surface area (Å²) in [6, 6.07) is 8.12. The van der Waals surface area contributed by atoms with Crippen LogP contribution in [0.1, 0.15) is 5.56 Å². The first-order valence-electron chi connectivity index (χ1n) is 3.72. The van der Waals surface area contributed by atoms with Crippen molar-refractivity contribution in [3.05, 3.63) is 29.8 Å². The Morgan fingerprint density at radius 1 is 1.36 bits per heavy atom. The third-order valence-corrected chi connectivity index (χ3v) is 1.40. The van der Waals surface area contributed by atoms with Gasteiger partial charge in [-0.1, -0.05) is 5.92 Å². The van der Waals surface area contributed by atoms with Gasteiger partial charge in [-0.25, -0.2) is 4.79 Å². The molecule has 1 aromatic rings. The number of nitriles is 1. The van der Waals surface area contributed by atoms with E-state index in [1.165, 1.54) is 0 Å². The van der Waals surface area contributed by atoms with Crippen molar-refractivity contribution < 1.29 is 9.90 Å². The molecule has 2 N–H and O–H groups in total. The summed E-state index contributed by atoms with van der Waals surface area (Å²) in [4.78, 5) is 10.2. The molecule has 0 fully saturated rings. The van der Waals surface area contributed by atoms with Crippen molar-refractivity contribution in [2.45, 2.75) is 0 Å². The summed E-state index contributed by atoms with van der Waals surface area (Å²) in [5.41, 5.74) is 1.14. The minimum atomic E-state index is -1.11. The molecule has 0 unspecified atom stereocenters. The van der Waals surface area contributed by atoms with E-state index >= 15 is 0 Å². The average molecular weight is 186 g/mol. The molecule has 68 valence electrons. The Balaban J connectivity index is 2.79. The Bertz CT molecular complexity index is 432. The molecule has 1 aromatic carbocycles. The predicted octanol–water partition coefficient (Wildman–Crippen LogP) is 1.65. The number of carbonyl (C=O) groups is 1. The third-order valence-electron chi connectivity index (χ3n) is 1.40. The molecule has 1 rings (SSSR count). The number of rotatable bonds is 1. The minimum Gasteiger partial charge on any atom is -0.465 e. The van der Waals surface area contributed by atoms with Gasteiger partial charge in [0.05, 0.1) is 0 Å². The Labute approximate surface area is 80.8 Å². The standard InChI is InChI=1S/C10H6N2O2/c11-7-1-2-8-3-5-9(6-4-8)12-10(13)14/h3-6,12H,(H,13,14). The Morgan fingerprint density at radius 2 is 2.00 bits per heavy atom. The van der Waals surface area contributed by atoms with Gasteiger partial charge in [0.2, 0.25) is 0 Å². The number of hydrogen-bond donors (Lipinski definition) is 2.